The molecule has 0 radical (unpaired) electrons. The van der Waals surface area contributed by atoms with Crippen molar-refractivity contribution < 1.29 is 9.53 Å². The van der Waals surface area contributed by atoms with E-state index < -0.39 is 0 Å². The van der Waals surface area contributed by atoms with Crippen LogP contribution < -0.4 is 15.0 Å². The van der Waals surface area contributed by atoms with Crippen LogP contribution in [0.15, 0.2) is 30.7 Å². The number of amides is 1. The highest BCUT2D eigenvalue weighted by molar-refractivity contribution is 6.29. The van der Waals surface area contributed by atoms with Crippen molar-refractivity contribution in [3.05, 3.63) is 41.4 Å². The van der Waals surface area contributed by atoms with E-state index in [-0.39, 0.29) is 11.9 Å². The standard InChI is InChI=1S/C18H20ClN5O2/c1-26-17-3-2-11(6-22-17)18(25)23-14-4-12-9-24(10-13(12)5-14)16-8-20-15(19)7-21-16/h2-3,6-8,12-14H,4-5,9-10H2,1H3,(H,23,25). The minimum atomic E-state index is -0.0782. The van der Waals surface area contributed by atoms with Gasteiger partial charge in [0.15, 0.2) is 0 Å². The number of pyridine rings is 1. The molecule has 26 heavy (non-hydrogen) atoms. The second-order valence-corrected chi connectivity index (χ2v) is 7.24. The number of fused-ring (bicyclic) bond motifs is 1. The minimum absolute atomic E-state index is 0.0782. The third kappa shape index (κ3) is 3.44. The fraction of sp³-hybridized carbons (Fsp3) is 0.444. The molecule has 0 aromatic carbocycles. The van der Waals surface area contributed by atoms with Gasteiger partial charge >= 0.3 is 0 Å². The van der Waals surface area contributed by atoms with Gasteiger partial charge in [-0.2, -0.15) is 0 Å². The van der Waals surface area contributed by atoms with Crippen LogP contribution in [0.4, 0.5) is 5.82 Å². The number of ether oxygens (including phenoxy) is 1. The summed E-state index contributed by atoms with van der Waals surface area (Å²) >= 11 is 5.81. The van der Waals surface area contributed by atoms with Crippen LogP contribution in [0, 0.1) is 11.8 Å². The summed E-state index contributed by atoms with van der Waals surface area (Å²) in [4.78, 5) is 27.2. The van der Waals surface area contributed by atoms with Crippen molar-refractivity contribution >= 4 is 23.3 Å². The zero-order valence-corrected chi connectivity index (χ0v) is 15.2. The van der Waals surface area contributed by atoms with Crippen molar-refractivity contribution in [3.63, 3.8) is 0 Å². The maximum absolute atomic E-state index is 12.4. The quantitative estimate of drug-likeness (QED) is 0.884. The lowest BCUT2D eigenvalue weighted by atomic mass is 10.0. The van der Waals surface area contributed by atoms with E-state index in [1.54, 1.807) is 37.8 Å². The van der Waals surface area contributed by atoms with Crippen molar-refractivity contribution in [3.8, 4) is 5.88 Å². The Morgan fingerprint density at radius 3 is 2.50 bits per heavy atom. The molecule has 3 heterocycles. The number of anilines is 1. The van der Waals surface area contributed by atoms with E-state index in [0.717, 1.165) is 31.7 Å². The van der Waals surface area contributed by atoms with Gasteiger partial charge < -0.3 is 15.0 Å². The van der Waals surface area contributed by atoms with Gasteiger partial charge in [0, 0.05) is 31.4 Å². The maximum Gasteiger partial charge on any atom is 0.253 e. The van der Waals surface area contributed by atoms with Crippen LogP contribution in [0.5, 0.6) is 5.88 Å². The topological polar surface area (TPSA) is 80.2 Å². The van der Waals surface area contributed by atoms with Gasteiger partial charge in [-0.05, 0) is 30.7 Å². The van der Waals surface area contributed by atoms with Gasteiger partial charge in [-0.15, -0.1) is 0 Å². The SMILES string of the molecule is COc1ccc(C(=O)NC2CC3CN(c4cnc(Cl)cn4)CC3C2)cn1. The molecule has 0 bridgehead atoms. The number of carbonyl (C=O) groups excluding carboxylic acids is 1. The highest BCUT2D eigenvalue weighted by Gasteiger charge is 2.41. The third-order valence-electron chi connectivity index (χ3n) is 5.22. The summed E-state index contributed by atoms with van der Waals surface area (Å²) in [6.07, 6.45) is 6.82. The molecule has 7 nitrogen and oxygen atoms in total. The molecular formula is C18H20ClN5O2. The molecule has 2 atom stereocenters. The van der Waals surface area contributed by atoms with Crippen LogP contribution in [0.1, 0.15) is 23.2 Å². The first-order chi connectivity index (χ1) is 12.6. The molecule has 2 aromatic heterocycles. The smallest absolute Gasteiger partial charge is 0.253 e. The average molecular weight is 374 g/mol. The number of nitrogens with zero attached hydrogens (tertiary/aromatic N) is 4. The lowest BCUT2D eigenvalue weighted by Gasteiger charge is -2.20. The monoisotopic (exact) mass is 373 g/mol. The summed E-state index contributed by atoms with van der Waals surface area (Å²) in [5, 5.41) is 3.55. The molecule has 136 valence electrons. The second-order valence-electron chi connectivity index (χ2n) is 6.85. The molecule has 1 saturated heterocycles. The Kier molecular flexibility index (Phi) is 4.63. The number of halogens is 1. The highest BCUT2D eigenvalue weighted by atomic mass is 35.5. The Bertz CT molecular complexity index is 769. The molecule has 1 saturated carbocycles. The summed E-state index contributed by atoms with van der Waals surface area (Å²) in [7, 11) is 1.55. The van der Waals surface area contributed by atoms with Crippen LogP contribution in [0.25, 0.3) is 0 Å². The van der Waals surface area contributed by atoms with E-state index in [2.05, 4.69) is 25.2 Å². The lowest BCUT2D eigenvalue weighted by molar-refractivity contribution is 0.0936. The third-order valence-corrected chi connectivity index (χ3v) is 5.42. The minimum Gasteiger partial charge on any atom is -0.481 e. The van der Waals surface area contributed by atoms with Crippen molar-refractivity contribution in [2.45, 2.75) is 18.9 Å². The molecule has 4 rings (SSSR count). The van der Waals surface area contributed by atoms with Crippen LogP contribution in [0.3, 0.4) is 0 Å². The van der Waals surface area contributed by atoms with Crippen molar-refractivity contribution in [2.75, 3.05) is 25.1 Å². The number of hydrogen-bond donors (Lipinski definition) is 1. The van der Waals surface area contributed by atoms with Crippen LogP contribution >= 0.6 is 11.6 Å². The fourth-order valence-electron chi connectivity index (χ4n) is 3.98. The Morgan fingerprint density at radius 2 is 1.92 bits per heavy atom. The molecule has 2 fully saturated rings. The predicted octanol–water partition coefficient (Wildman–Crippen LogP) is 2.18. The molecule has 2 aromatic rings. The summed E-state index contributed by atoms with van der Waals surface area (Å²) in [5.41, 5.74) is 0.556. The number of hydrogen-bond acceptors (Lipinski definition) is 6. The van der Waals surface area contributed by atoms with Crippen molar-refractivity contribution in [1.29, 1.82) is 0 Å². The molecule has 1 N–H and O–H groups in total. The predicted molar refractivity (Wildman–Crippen MR) is 97.5 cm³/mol. The van der Waals surface area contributed by atoms with E-state index in [9.17, 15) is 4.79 Å². The van der Waals surface area contributed by atoms with Crippen LogP contribution in [-0.4, -0.2) is 47.1 Å². The largest absolute Gasteiger partial charge is 0.481 e. The van der Waals surface area contributed by atoms with Crippen molar-refractivity contribution in [2.24, 2.45) is 11.8 Å². The molecule has 1 aliphatic carbocycles. The number of aromatic nitrogens is 3. The Hall–Kier alpha value is -2.41. The maximum atomic E-state index is 12.4. The van der Waals surface area contributed by atoms with Gasteiger partial charge in [-0.1, -0.05) is 11.6 Å². The molecule has 2 unspecified atom stereocenters. The van der Waals surface area contributed by atoms with Gasteiger partial charge in [-0.25, -0.2) is 15.0 Å². The van der Waals surface area contributed by atoms with Crippen molar-refractivity contribution in [1.82, 2.24) is 20.3 Å². The summed E-state index contributed by atoms with van der Waals surface area (Å²) in [5.74, 6) is 2.42. The van der Waals surface area contributed by atoms with E-state index in [1.807, 2.05) is 0 Å². The summed E-state index contributed by atoms with van der Waals surface area (Å²) in [6, 6.07) is 3.64. The van der Waals surface area contributed by atoms with Gasteiger partial charge in [-0.3, -0.25) is 4.79 Å². The number of nitrogens with one attached hydrogen (secondary N) is 1. The zero-order chi connectivity index (χ0) is 18.1. The van der Waals surface area contributed by atoms with Gasteiger partial charge in [0.1, 0.15) is 11.0 Å². The van der Waals surface area contributed by atoms with E-state index >= 15 is 0 Å². The second kappa shape index (κ2) is 7.07. The molecule has 1 aliphatic heterocycles. The van der Waals surface area contributed by atoms with Gasteiger partial charge in [0.05, 0.1) is 25.1 Å². The summed E-state index contributed by atoms with van der Waals surface area (Å²) in [6.45, 7) is 1.88. The Morgan fingerprint density at radius 1 is 1.15 bits per heavy atom. The van der Waals surface area contributed by atoms with E-state index in [1.165, 1.54) is 0 Å². The van der Waals surface area contributed by atoms with Gasteiger partial charge in [0.25, 0.3) is 5.91 Å². The first-order valence-corrected chi connectivity index (χ1v) is 9.03. The molecule has 8 heteroatoms. The number of rotatable bonds is 4. The Labute approximate surface area is 156 Å². The average Bonchev–Trinajstić information content (AvgIpc) is 3.21. The first kappa shape index (κ1) is 17.0. The number of carbonyl (C=O) groups is 1. The van der Waals surface area contributed by atoms with Gasteiger partial charge in [0.2, 0.25) is 5.88 Å². The first-order valence-electron chi connectivity index (χ1n) is 8.66. The van der Waals surface area contributed by atoms with E-state index in [0.29, 0.717) is 28.4 Å². The molecule has 2 aliphatic rings. The van der Waals surface area contributed by atoms with Crippen LogP contribution in [0.2, 0.25) is 5.15 Å². The molecule has 1 amide bonds. The lowest BCUT2D eigenvalue weighted by Crippen LogP contribution is -2.35. The highest BCUT2D eigenvalue weighted by Crippen LogP contribution is 2.39. The number of methoxy groups -OCH3 is 1. The molecular weight excluding hydrogens is 354 g/mol. The van der Waals surface area contributed by atoms with Crippen LogP contribution in [-0.2, 0) is 0 Å². The molecule has 0 spiro atoms. The Balaban J connectivity index is 1.32. The zero-order valence-electron chi connectivity index (χ0n) is 14.4. The normalized spacial score (nSPS) is 24.4. The van der Waals surface area contributed by atoms with E-state index in [4.69, 9.17) is 16.3 Å². The fourth-order valence-corrected chi connectivity index (χ4v) is 4.08. The summed E-state index contributed by atoms with van der Waals surface area (Å²) < 4.78 is 5.02.